The first-order valence-corrected chi connectivity index (χ1v) is 8.04. The van der Waals surface area contributed by atoms with Crippen molar-refractivity contribution in [3.63, 3.8) is 0 Å². The third kappa shape index (κ3) is 5.78. The van der Waals surface area contributed by atoms with Crippen molar-refractivity contribution in [1.82, 2.24) is 10.2 Å². The van der Waals surface area contributed by atoms with Gasteiger partial charge < -0.3 is 19.7 Å². The standard InChI is InChI=1S/C15H30N2O2/c1-2-17(13-14-6-8-16-9-7-14)10-12-19-15-5-3-4-11-18-15/h14-16H,2-13H2,1H3. The summed E-state index contributed by atoms with van der Waals surface area (Å²) in [5, 5.41) is 3.43. The summed E-state index contributed by atoms with van der Waals surface area (Å²) in [6.07, 6.45) is 6.21. The van der Waals surface area contributed by atoms with E-state index in [0.29, 0.717) is 0 Å². The van der Waals surface area contributed by atoms with Crippen LogP contribution in [0.4, 0.5) is 0 Å². The Balaban J connectivity index is 1.58. The first kappa shape index (κ1) is 15.2. The summed E-state index contributed by atoms with van der Waals surface area (Å²) < 4.78 is 11.4. The molecule has 0 spiro atoms. The largest absolute Gasteiger partial charge is 0.353 e. The lowest BCUT2D eigenvalue weighted by molar-refractivity contribution is -0.164. The Kier molecular flexibility index (Phi) is 7.14. The van der Waals surface area contributed by atoms with Crippen LogP contribution < -0.4 is 5.32 Å². The second-order valence-electron chi connectivity index (χ2n) is 5.75. The van der Waals surface area contributed by atoms with Crippen molar-refractivity contribution in [1.29, 1.82) is 0 Å². The maximum absolute atomic E-state index is 5.83. The molecule has 1 atom stereocenters. The molecule has 0 aromatic rings. The molecule has 0 saturated carbocycles. The fourth-order valence-corrected chi connectivity index (χ4v) is 2.96. The van der Waals surface area contributed by atoms with Crippen molar-refractivity contribution < 1.29 is 9.47 Å². The average molecular weight is 270 g/mol. The number of hydrogen-bond acceptors (Lipinski definition) is 4. The summed E-state index contributed by atoms with van der Waals surface area (Å²) in [4.78, 5) is 2.53. The van der Waals surface area contributed by atoms with Crippen molar-refractivity contribution in [2.45, 2.75) is 45.3 Å². The molecule has 2 rings (SSSR count). The molecule has 2 aliphatic heterocycles. The maximum atomic E-state index is 5.83. The van der Waals surface area contributed by atoms with Crippen molar-refractivity contribution in [3.05, 3.63) is 0 Å². The number of piperidine rings is 1. The van der Waals surface area contributed by atoms with Gasteiger partial charge in [-0.25, -0.2) is 0 Å². The second kappa shape index (κ2) is 8.90. The van der Waals surface area contributed by atoms with Crippen molar-refractivity contribution in [2.75, 3.05) is 45.9 Å². The summed E-state index contributed by atoms with van der Waals surface area (Å²) in [5.41, 5.74) is 0. The van der Waals surface area contributed by atoms with Crippen LogP contribution in [0.2, 0.25) is 0 Å². The summed E-state index contributed by atoms with van der Waals surface area (Å²) in [6, 6.07) is 0. The fourth-order valence-electron chi connectivity index (χ4n) is 2.96. The number of likely N-dealkylation sites (N-methyl/N-ethyl adjacent to an activating group) is 1. The van der Waals surface area contributed by atoms with Gasteiger partial charge in [0.2, 0.25) is 0 Å². The molecule has 0 aromatic carbocycles. The van der Waals surface area contributed by atoms with Gasteiger partial charge in [0.1, 0.15) is 0 Å². The minimum atomic E-state index is 0.0614. The Hall–Kier alpha value is -0.160. The molecule has 19 heavy (non-hydrogen) atoms. The molecule has 0 amide bonds. The van der Waals surface area contributed by atoms with E-state index in [-0.39, 0.29) is 6.29 Å². The summed E-state index contributed by atoms with van der Waals surface area (Å²) in [7, 11) is 0. The third-order valence-electron chi connectivity index (χ3n) is 4.27. The van der Waals surface area contributed by atoms with Gasteiger partial charge in [0.05, 0.1) is 6.61 Å². The monoisotopic (exact) mass is 270 g/mol. The molecule has 2 fully saturated rings. The molecule has 2 heterocycles. The molecule has 0 bridgehead atoms. The van der Waals surface area contributed by atoms with Gasteiger partial charge in [-0.05, 0) is 57.7 Å². The van der Waals surface area contributed by atoms with Crippen LogP contribution in [0.15, 0.2) is 0 Å². The van der Waals surface area contributed by atoms with E-state index in [9.17, 15) is 0 Å². The topological polar surface area (TPSA) is 33.7 Å². The Morgan fingerprint density at radius 2 is 2.05 bits per heavy atom. The van der Waals surface area contributed by atoms with E-state index in [0.717, 1.165) is 38.6 Å². The molecule has 2 saturated heterocycles. The number of hydrogen-bond donors (Lipinski definition) is 1. The lowest BCUT2D eigenvalue weighted by Gasteiger charge is -2.30. The van der Waals surface area contributed by atoms with Gasteiger partial charge in [0, 0.05) is 19.7 Å². The molecular formula is C15H30N2O2. The SMILES string of the molecule is CCN(CCOC1CCCCO1)CC1CCNCC1. The molecule has 4 heteroatoms. The smallest absolute Gasteiger partial charge is 0.157 e. The van der Waals surface area contributed by atoms with Crippen LogP contribution in [0.5, 0.6) is 0 Å². The highest BCUT2D eigenvalue weighted by Gasteiger charge is 2.17. The Morgan fingerprint density at radius 3 is 2.74 bits per heavy atom. The van der Waals surface area contributed by atoms with Crippen molar-refractivity contribution in [2.24, 2.45) is 5.92 Å². The van der Waals surface area contributed by atoms with E-state index in [1.165, 1.54) is 45.3 Å². The molecule has 0 aliphatic carbocycles. The average Bonchev–Trinajstić information content (AvgIpc) is 2.48. The minimum absolute atomic E-state index is 0.0614. The predicted octanol–water partition coefficient (Wildman–Crippen LogP) is 1.85. The van der Waals surface area contributed by atoms with E-state index in [1.807, 2.05) is 0 Å². The summed E-state index contributed by atoms with van der Waals surface area (Å²) in [5.74, 6) is 0.868. The Bertz CT molecular complexity index is 226. The van der Waals surface area contributed by atoms with Gasteiger partial charge in [-0.3, -0.25) is 0 Å². The van der Waals surface area contributed by atoms with Crippen molar-refractivity contribution in [3.8, 4) is 0 Å². The zero-order valence-electron chi connectivity index (χ0n) is 12.4. The first-order chi connectivity index (χ1) is 9.38. The van der Waals surface area contributed by atoms with Gasteiger partial charge >= 0.3 is 0 Å². The van der Waals surface area contributed by atoms with Gasteiger partial charge in [0.25, 0.3) is 0 Å². The summed E-state index contributed by atoms with van der Waals surface area (Å²) >= 11 is 0. The highest BCUT2D eigenvalue weighted by Crippen LogP contribution is 2.15. The number of nitrogens with zero attached hydrogens (tertiary/aromatic N) is 1. The zero-order valence-corrected chi connectivity index (χ0v) is 12.4. The van der Waals surface area contributed by atoms with E-state index in [2.05, 4.69) is 17.1 Å². The van der Waals surface area contributed by atoms with E-state index < -0.39 is 0 Å². The molecule has 1 unspecified atom stereocenters. The summed E-state index contributed by atoms with van der Waals surface area (Å²) in [6.45, 7) is 9.70. The molecular weight excluding hydrogens is 240 g/mol. The lowest BCUT2D eigenvalue weighted by Crippen LogP contribution is -2.38. The first-order valence-electron chi connectivity index (χ1n) is 8.04. The van der Waals surface area contributed by atoms with Gasteiger partial charge in [-0.15, -0.1) is 0 Å². The molecule has 1 N–H and O–H groups in total. The van der Waals surface area contributed by atoms with Gasteiger partial charge in [0.15, 0.2) is 6.29 Å². The number of nitrogens with one attached hydrogen (secondary N) is 1. The van der Waals surface area contributed by atoms with Gasteiger partial charge in [-0.2, -0.15) is 0 Å². The molecule has 0 aromatic heterocycles. The van der Waals surface area contributed by atoms with Crippen LogP contribution in [0.3, 0.4) is 0 Å². The van der Waals surface area contributed by atoms with Gasteiger partial charge in [-0.1, -0.05) is 6.92 Å². The molecule has 2 aliphatic rings. The number of ether oxygens (including phenoxy) is 2. The molecule has 112 valence electrons. The molecule has 0 radical (unpaired) electrons. The van der Waals surface area contributed by atoms with Crippen LogP contribution in [0.1, 0.15) is 39.0 Å². The van der Waals surface area contributed by atoms with Crippen molar-refractivity contribution >= 4 is 0 Å². The Labute approximate surface area is 117 Å². The van der Waals surface area contributed by atoms with E-state index >= 15 is 0 Å². The second-order valence-corrected chi connectivity index (χ2v) is 5.75. The predicted molar refractivity (Wildman–Crippen MR) is 77.3 cm³/mol. The molecule has 4 nitrogen and oxygen atoms in total. The van der Waals surface area contributed by atoms with E-state index in [1.54, 1.807) is 0 Å². The normalized spacial score (nSPS) is 25.9. The number of rotatable bonds is 7. The van der Waals surface area contributed by atoms with Crippen LogP contribution in [-0.2, 0) is 9.47 Å². The quantitative estimate of drug-likeness (QED) is 0.765. The lowest BCUT2D eigenvalue weighted by atomic mass is 9.97. The van der Waals surface area contributed by atoms with Crippen LogP contribution in [0, 0.1) is 5.92 Å². The zero-order chi connectivity index (χ0) is 13.3. The van der Waals surface area contributed by atoms with Crippen LogP contribution in [-0.4, -0.2) is 57.1 Å². The minimum Gasteiger partial charge on any atom is -0.353 e. The van der Waals surface area contributed by atoms with Crippen LogP contribution >= 0.6 is 0 Å². The Morgan fingerprint density at radius 1 is 1.21 bits per heavy atom. The highest BCUT2D eigenvalue weighted by molar-refractivity contribution is 4.72. The van der Waals surface area contributed by atoms with Crippen LogP contribution in [0.25, 0.3) is 0 Å². The maximum Gasteiger partial charge on any atom is 0.157 e. The highest BCUT2D eigenvalue weighted by atomic mass is 16.7. The fraction of sp³-hybridized carbons (Fsp3) is 1.00. The third-order valence-corrected chi connectivity index (χ3v) is 4.27. The van der Waals surface area contributed by atoms with E-state index in [4.69, 9.17) is 9.47 Å².